The highest BCUT2D eigenvalue weighted by Crippen LogP contribution is 2.28. The van der Waals surface area contributed by atoms with Gasteiger partial charge in [-0.05, 0) is 18.1 Å². The summed E-state index contributed by atoms with van der Waals surface area (Å²) in [4.78, 5) is 27.7. The molecule has 3 rings (SSSR count). The van der Waals surface area contributed by atoms with Gasteiger partial charge in [0.15, 0.2) is 0 Å². The van der Waals surface area contributed by atoms with Crippen LogP contribution in [0.4, 0.5) is 5.82 Å². The van der Waals surface area contributed by atoms with E-state index in [-0.39, 0.29) is 12.3 Å². The van der Waals surface area contributed by atoms with Crippen LogP contribution in [0.25, 0.3) is 22.5 Å². The standard InChI is InChI=1S/C17H16N6O/c18-16-8-14(22-10-23-16)13-3-1-12(15-9-20-5-6-21-15)7-11(13)2-4-17(19)24/h1,3,5-10H,2,4H2,(H2,19,24)(H2,18,22,23). The van der Waals surface area contributed by atoms with E-state index in [4.69, 9.17) is 11.5 Å². The Morgan fingerprint density at radius 2 is 1.92 bits per heavy atom. The number of carbonyl (C=O) groups is 1. The molecule has 0 fully saturated rings. The zero-order valence-corrected chi connectivity index (χ0v) is 12.9. The third kappa shape index (κ3) is 3.52. The van der Waals surface area contributed by atoms with E-state index >= 15 is 0 Å². The van der Waals surface area contributed by atoms with Gasteiger partial charge in [0.2, 0.25) is 5.91 Å². The number of amides is 1. The average molecular weight is 320 g/mol. The second-order valence-corrected chi connectivity index (χ2v) is 5.26. The second kappa shape index (κ2) is 6.82. The van der Waals surface area contributed by atoms with Crippen LogP contribution in [0.3, 0.4) is 0 Å². The third-order valence-corrected chi connectivity index (χ3v) is 3.57. The molecule has 120 valence electrons. The minimum absolute atomic E-state index is 0.248. The van der Waals surface area contributed by atoms with E-state index in [1.807, 2.05) is 18.2 Å². The molecule has 7 heteroatoms. The van der Waals surface area contributed by atoms with Gasteiger partial charge in [0.25, 0.3) is 0 Å². The van der Waals surface area contributed by atoms with Crippen molar-refractivity contribution in [3.05, 3.63) is 54.7 Å². The van der Waals surface area contributed by atoms with Crippen LogP contribution in [0.15, 0.2) is 49.2 Å². The lowest BCUT2D eigenvalue weighted by Gasteiger charge is -2.11. The zero-order valence-electron chi connectivity index (χ0n) is 12.9. The summed E-state index contributed by atoms with van der Waals surface area (Å²) in [5.41, 5.74) is 15.2. The fourth-order valence-electron chi connectivity index (χ4n) is 2.44. The van der Waals surface area contributed by atoms with Gasteiger partial charge in [-0.1, -0.05) is 12.1 Å². The molecule has 0 radical (unpaired) electrons. The highest BCUT2D eigenvalue weighted by Gasteiger charge is 2.11. The lowest BCUT2D eigenvalue weighted by molar-refractivity contribution is -0.117. The Hall–Kier alpha value is -3.35. The number of hydrogen-bond donors (Lipinski definition) is 2. The average Bonchev–Trinajstić information content (AvgIpc) is 2.60. The maximum Gasteiger partial charge on any atom is 0.217 e. The van der Waals surface area contributed by atoms with Crippen LogP contribution in [-0.2, 0) is 11.2 Å². The molecule has 0 unspecified atom stereocenters. The number of benzene rings is 1. The summed E-state index contributed by atoms with van der Waals surface area (Å²) in [5, 5.41) is 0. The van der Waals surface area contributed by atoms with E-state index < -0.39 is 0 Å². The van der Waals surface area contributed by atoms with Gasteiger partial charge in [0.05, 0.1) is 17.6 Å². The first-order valence-electron chi connectivity index (χ1n) is 7.39. The Morgan fingerprint density at radius 1 is 1.04 bits per heavy atom. The summed E-state index contributed by atoms with van der Waals surface area (Å²) >= 11 is 0. The lowest BCUT2D eigenvalue weighted by atomic mass is 9.96. The number of primary amides is 1. The molecule has 0 aliphatic carbocycles. The molecule has 0 saturated carbocycles. The molecule has 7 nitrogen and oxygen atoms in total. The Kier molecular flexibility index (Phi) is 4.42. The zero-order chi connectivity index (χ0) is 16.9. The van der Waals surface area contributed by atoms with Crippen LogP contribution >= 0.6 is 0 Å². The Bertz CT molecular complexity index is 866. The predicted octanol–water partition coefficient (Wildman–Crippen LogP) is 1.60. The van der Waals surface area contributed by atoms with E-state index in [2.05, 4.69) is 19.9 Å². The van der Waals surface area contributed by atoms with Crippen molar-refractivity contribution in [1.82, 2.24) is 19.9 Å². The topological polar surface area (TPSA) is 121 Å². The van der Waals surface area contributed by atoms with Crippen LogP contribution in [-0.4, -0.2) is 25.8 Å². The molecule has 4 N–H and O–H groups in total. The lowest BCUT2D eigenvalue weighted by Crippen LogP contribution is -2.11. The molecule has 3 aromatic rings. The van der Waals surface area contributed by atoms with Crippen molar-refractivity contribution in [1.29, 1.82) is 0 Å². The molecule has 0 aliphatic rings. The van der Waals surface area contributed by atoms with Gasteiger partial charge < -0.3 is 11.5 Å². The van der Waals surface area contributed by atoms with Crippen molar-refractivity contribution < 1.29 is 4.79 Å². The highest BCUT2D eigenvalue weighted by atomic mass is 16.1. The Labute approximate surface area is 138 Å². The third-order valence-electron chi connectivity index (χ3n) is 3.57. The molecule has 1 amide bonds. The Morgan fingerprint density at radius 3 is 2.62 bits per heavy atom. The number of nitrogens with zero attached hydrogens (tertiary/aromatic N) is 4. The van der Waals surface area contributed by atoms with Gasteiger partial charge in [-0.15, -0.1) is 0 Å². The number of anilines is 1. The van der Waals surface area contributed by atoms with Crippen LogP contribution in [0, 0.1) is 0 Å². The van der Waals surface area contributed by atoms with Gasteiger partial charge in [-0.3, -0.25) is 14.8 Å². The van der Waals surface area contributed by atoms with Crippen LogP contribution in [0.2, 0.25) is 0 Å². The van der Waals surface area contributed by atoms with Gasteiger partial charge in [-0.2, -0.15) is 0 Å². The molecule has 0 bridgehead atoms. The summed E-state index contributed by atoms with van der Waals surface area (Å²) in [6.45, 7) is 0. The molecule has 2 aromatic heterocycles. The fraction of sp³-hybridized carbons (Fsp3) is 0.118. The van der Waals surface area contributed by atoms with Gasteiger partial charge >= 0.3 is 0 Å². The smallest absolute Gasteiger partial charge is 0.217 e. The number of hydrogen-bond acceptors (Lipinski definition) is 6. The van der Waals surface area contributed by atoms with E-state index in [0.717, 1.165) is 22.4 Å². The SMILES string of the molecule is NC(=O)CCc1cc(-c2cnccn2)ccc1-c1cc(N)ncn1. The fourth-order valence-corrected chi connectivity index (χ4v) is 2.44. The first-order chi connectivity index (χ1) is 11.6. The van der Waals surface area contributed by atoms with Crippen LogP contribution < -0.4 is 11.5 Å². The van der Waals surface area contributed by atoms with E-state index in [9.17, 15) is 4.79 Å². The van der Waals surface area contributed by atoms with Crippen molar-refractivity contribution in [2.24, 2.45) is 5.73 Å². The normalized spacial score (nSPS) is 10.5. The molecule has 0 atom stereocenters. The minimum atomic E-state index is -0.354. The number of aromatic nitrogens is 4. The van der Waals surface area contributed by atoms with Crippen molar-refractivity contribution in [3.63, 3.8) is 0 Å². The maximum atomic E-state index is 11.2. The van der Waals surface area contributed by atoms with Gasteiger partial charge in [0, 0.05) is 36.0 Å². The second-order valence-electron chi connectivity index (χ2n) is 5.26. The summed E-state index contributed by atoms with van der Waals surface area (Å²) in [5.74, 6) is 0.0342. The summed E-state index contributed by atoms with van der Waals surface area (Å²) in [6, 6.07) is 7.54. The largest absolute Gasteiger partial charge is 0.384 e. The number of nitrogen functional groups attached to an aromatic ring is 1. The predicted molar refractivity (Wildman–Crippen MR) is 90.4 cm³/mol. The van der Waals surface area contributed by atoms with Crippen molar-refractivity contribution >= 4 is 11.7 Å². The molecular formula is C17H16N6O. The number of carbonyl (C=O) groups excluding carboxylic acids is 1. The van der Waals surface area contributed by atoms with Gasteiger partial charge in [0.1, 0.15) is 12.1 Å². The molecule has 0 saturated heterocycles. The van der Waals surface area contributed by atoms with Crippen LogP contribution in [0.5, 0.6) is 0 Å². The van der Waals surface area contributed by atoms with Crippen LogP contribution in [0.1, 0.15) is 12.0 Å². The minimum Gasteiger partial charge on any atom is -0.384 e. The first kappa shape index (κ1) is 15.5. The van der Waals surface area contributed by atoms with Crippen molar-refractivity contribution in [3.8, 4) is 22.5 Å². The highest BCUT2D eigenvalue weighted by molar-refractivity contribution is 5.76. The van der Waals surface area contributed by atoms with Gasteiger partial charge in [-0.25, -0.2) is 9.97 Å². The molecule has 0 aliphatic heterocycles. The molecule has 24 heavy (non-hydrogen) atoms. The van der Waals surface area contributed by atoms with Crippen molar-refractivity contribution in [2.75, 3.05) is 5.73 Å². The maximum absolute atomic E-state index is 11.2. The monoisotopic (exact) mass is 320 g/mol. The molecular weight excluding hydrogens is 304 g/mol. The molecule has 1 aromatic carbocycles. The number of nitrogens with two attached hydrogens (primary N) is 2. The van der Waals surface area contributed by atoms with E-state index in [1.165, 1.54) is 6.33 Å². The van der Waals surface area contributed by atoms with E-state index in [1.54, 1.807) is 24.7 Å². The molecule has 0 spiro atoms. The summed E-state index contributed by atoms with van der Waals surface area (Å²) in [6.07, 6.45) is 7.11. The quantitative estimate of drug-likeness (QED) is 0.736. The number of rotatable bonds is 5. The molecule has 2 heterocycles. The number of aryl methyl sites for hydroxylation is 1. The first-order valence-corrected chi connectivity index (χ1v) is 7.39. The Balaban J connectivity index is 2.06. The summed E-state index contributed by atoms with van der Waals surface area (Å²) < 4.78 is 0. The van der Waals surface area contributed by atoms with Crippen molar-refractivity contribution in [2.45, 2.75) is 12.8 Å². The van der Waals surface area contributed by atoms with E-state index in [0.29, 0.717) is 17.9 Å². The summed E-state index contributed by atoms with van der Waals surface area (Å²) in [7, 11) is 0.